The Morgan fingerprint density at radius 2 is 2.19 bits per heavy atom. The number of nitrogens with one attached hydrogen (secondary N) is 2. The van der Waals surface area contributed by atoms with Crippen LogP contribution in [0.2, 0.25) is 0 Å². The fourth-order valence-electron chi connectivity index (χ4n) is 2.03. The number of benzene rings is 1. The fourth-order valence-corrected chi connectivity index (χ4v) is 2.03. The SMILES string of the molecule is C[C@@H](NC(=O)[C@@H]1CCNC1)c1ccccc1. The van der Waals surface area contributed by atoms with Gasteiger partial charge in [0, 0.05) is 6.54 Å². The van der Waals surface area contributed by atoms with Gasteiger partial charge in [0.25, 0.3) is 0 Å². The van der Waals surface area contributed by atoms with Crippen molar-refractivity contribution in [3.05, 3.63) is 35.9 Å². The van der Waals surface area contributed by atoms with Crippen molar-refractivity contribution >= 4 is 5.91 Å². The maximum Gasteiger partial charge on any atom is 0.224 e. The van der Waals surface area contributed by atoms with Crippen LogP contribution in [0, 0.1) is 5.92 Å². The van der Waals surface area contributed by atoms with E-state index in [9.17, 15) is 4.79 Å². The van der Waals surface area contributed by atoms with Crippen LogP contribution in [-0.4, -0.2) is 19.0 Å². The first kappa shape index (κ1) is 11.1. The monoisotopic (exact) mass is 218 g/mol. The Bertz CT molecular complexity index is 344. The molecular formula is C13H18N2O. The van der Waals surface area contributed by atoms with Gasteiger partial charge in [-0.2, -0.15) is 0 Å². The number of amides is 1. The molecule has 1 aliphatic heterocycles. The molecule has 0 aliphatic carbocycles. The Labute approximate surface area is 96.2 Å². The zero-order valence-corrected chi connectivity index (χ0v) is 9.57. The predicted octanol–water partition coefficient (Wildman–Crippen LogP) is 1.47. The van der Waals surface area contributed by atoms with E-state index in [0.717, 1.165) is 25.1 Å². The van der Waals surface area contributed by atoms with Crippen molar-refractivity contribution in [1.82, 2.24) is 10.6 Å². The Morgan fingerprint density at radius 1 is 1.44 bits per heavy atom. The van der Waals surface area contributed by atoms with Gasteiger partial charge >= 0.3 is 0 Å². The van der Waals surface area contributed by atoms with E-state index in [1.807, 2.05) is 37.3 Å². The normalized spacial score (nSPS) is 21.7. The van der Waals surface area contributed by atoms with Gasteiger partial charge < -0.3 is 10.6 Å². The minimum absolute atomic E-state index is 0.0919. The van der Waals surface area contributed by atoms with E-state index in [1.165, 1.54) is 0 Å². The molecule has 0 saturated carbocycles. The van der Waals surface area contributed by atoms with Crippen LogP contribution in [0.25, 0.3) is 0 Å². The van der Waals surface area contributed by atoms with Crippen LogP contribution in [-0.2, 0) is 4.79 Å². The van der Waals surface area contributed by atoms with Crippen molar-refractivity contribution in [3.8, 4) is 0 Å². The zero-order valence-electron chi connectivity index (χ0n) is 9.57. The first-order chi connectivity index (χ1) is 7.77. The van der Waals surface area contributed by atoms with E-state index < -0.39 is 0 Å². The van der Waals surface area contributed by atoms with Crippen molar-refractivity contribution in [3.63, 3.8) is 0 Å². The van der Waals surface area contributed by atoms with E-state index in [2.05, 4.69) is 10.6 Å². The van der Waals surface area contributed by atoms with E-state index in [1.54, 1.807) is 0 Å². The summed E-state index contributed by atoms with van der Waals surface area (Å²) in [6, 6.07) is 10.1. The Hall–Kier alpha value is -1.35. The van der Waals surface area contributed by atoms with Crippen LogP contribution in [0.5, 0.6) is 0 Å². The standard InChI is InChI=1S/C13H18N2O/c1-10(11-5-3-2-4-6-11)15-13(16)12-7-8-14-9-12/h2-6,10,12,14H,7-9H2,1H3,(H,15,16)/t10-,12-/m1/s1. The van der Waals surface area contributed by atoms with Gasteiger partial charge in [0.1, 0.15) is 0 Å². The Balaban J connectivity index is 1.92. The molecule has 3 nitrogen and oxygen atoms in total. The maximum atomic E-state index is 11.9. The Kier molecular flexibility index (Phi) is 3.57. The quantitative estimate of drug-likeness (QED) is 0.806. The number of carbonyl (C=O) groups excluding carboxylic acids is 1. The summed E-state index contributed by atoms with van der Waals surface area (Å²) in [6.45, 7) is 3.79. The smallest absolute Gasteiger partial charge is 0.224 e. The Morgan fingerprint density at radius 3 is 2.81 bits per heavy atom. The summed E-state index contributed by atoms with van der Waals surface area (Å²) in [6.07, 6.45) is 0.952. The lowest BCUT2D eigenvalue weighted by atomic mass is 10.1. The maximum absolute atomic E-state index is 11.9. The zero-order chi connectivity index (χ0) is 11.4. The molecule has 0 radical (unpaired) electrons. The fraction of sp³-hybridized carbons (Fsp3) is 0.462. The lowest BCUT2D eigenvalue weighted by Gasteiger charge is -2.16. The molecule has 86 valence electrons. The molecule has 1 aliphatic rings. The molecule has 0 unspecified atom stereocenters. The van der Waals surface area contributed by atoms with Crippen molar-refractivity contribution in [2.24, 2.45) is 5.92 Å². The highest BCUT2D eigenvalue weighted by Gasteiger charge is 2.23. The van der Waals surface area contributed by atoms with Gasteiger partial charge in [0.2, 0.25) is 5.91 Å². The van der Waals surface area contributed by atoms with Crippen LogP contribution < -0.4 is 10.6 Å². The van der Waals surface area contributed by atoms with E-state index in [0.29, 0.717) is 0 Å². The van der Waals surface area contributed by atoms with Crippen molar-refractivity contribution in [1.29, 1.82) is 0 Å². The summed E-state index contributed by atoms with van der Waals surface area (Å²) < 4.78 is 0. The molecule has 0 aromatic heterocycles. The molecule has 1 amide bonds. The van der Waals surface area contributed by atoms with E-state index >= 15 is 0 Å². The van der Waals surface area contributed by atoms with Crippen LogP contribution in [0.3, 0.4) is 0 Å². The highest BCUT2D eigenvalue weighted by Crippen LogP contribution is 2.14. The summed E-state index contributed by atoms with van der Waals surface area (Å²) in [5, 5.41) is 6.26. The summed E-state index contributed by atoms with van der Waals surface area (Å²) in [5.74, 6) is 0.313. The van der Waals surface area contributed by atoms with Crippen LogP contribution in [0.15, 0.2) is 30.3 Å². The van der Waals surface area contributed by atoms with Crippen LogP contribution in [0.4, 0.5) is 0 Å². The molecule has 16 heavy (non-hydrogen) atoms. The number of hydrogen-bond acceptors (Lipinski definition) is 2. The van der Waals surface area contributed by atoms with E-state index in [4.69, 9.17) is 0 Å². The average Bonchev–Trinajstić information content (AvgIpc) is 2.83. The van der Waals surface area contributed by atoms with Crippen molar-refractivity contribution in [2.75, 3.05) is 13.1 Å². The summed E-state index contributed by atoms with van der Waals surface area (Å²) in [4.78, 5) is 11.9. The molecule has 1 saturated heterocycles. The molecule has 1 fully saturated rings. The molecule has 3 heteroatoms. The van der Waals surface area contributed by atoms with E-state index in [-0.39, 0.29) is 17.9 Å². The molecule has 1 aromatic carbocycles. The van der Waals surface area contributed by atoms with Crippen molar-refractivity contribution in [2.45, 2.75) is 19.4 Å². The van der Waals surface area contributed by atoms with Crippen molar-refractivity contribution < 1.29 is 4.79 Å². The molecular weight excluding hydrogens is 200 g/mol. The molecule has 2 rings (SSSR count). The topological polar surface area (TPSA) is 41.1 Å². The predicted molar refractivity (Wildman–Crippen MR) is 64.0 cm³/mol. The summed E-state index contributed by atoms with van der Waals surface area (Å²) in [5.41, 5.74) is 1.15. The lowest BCUT2D eigenvalue weighted by Crippen LogP contribution is -2.33. The van der Waals surface area contributed by atoms with Gasteiger partial charge in [-0.15, -0.1) is 0 Å². The minimum Gasteiger partial charge on any atom is -0.349 e. The third-order valence-corrected chi connectivity index (χ3v) is 3.09. The first-order valence-electron chi connectivity index (χ1n) is 5.83. The largest absolute Gasteiger partial charge is 0.349 e. The van der Waals surface area contributed by atoms with Crippen LogP contribution in [0.1, 0.15) is 24.9 Å². The highest BCUT2D eigenvalue weighted by molar-refractivity contribution is 5.79. The second kappa shape index (κ2) is 5.12. The van der Waals surface area contributed by atoms with Gasteiger partial charge in [-0.25, -0.2) is 0 Å². The molecule has 1 heterocycles. The van der Waals surface area contributed by atoms with Gasteiger partial charge in [-0.3, -0.25) is 4.79 Å². The molecule has 1 aromatic rings. The highest BCUT2D eigenvalue weighted by atomic mass is 16.2. The molecule has 2 atom stereocenters. The summed E-state index contributed by atoms with van der Waals surface area (Å²) >= 11 is 0. The second-order valence-corrected chi connectivity index (χ2v) is 4.33. The number of hydrogen-bond donors (Lipinski definition) is 2. The third-order valence-electron chi connectivity index (χ3n) is 3.09. The van der Waals surface area contributed by atoms with Gasteiger partial charge in [-0.05, 0) is 25.5 Å². The minimum atomic E-state index is 0.0919. The van der Waals surface area contributed by atoms with Gasteiger partial charge in [0.05, 0.1) is 12.0 Å². The van der Waals surface area contributed by atoms with Crippen LogP contribution >= 0.6 is 0 Å². The second-order valence-electron chi connectivity index (χ2n) is 4.33. The number of rotatable bonds is 3. The first-order valence-corrected chi connectivity index (χ1v) is 5.83. The summed E-state index contributed by atoms with van der Waals surface area (Å²) in [7, 11) is 0. The number of carbonyl (C=O) groups is 1. The average molecular weight is 218 g/mol. The lowest BCUT2D eigenvalue weighted by molar-refractivity contribution is -0.125. The molecule has 0 bridgehead atoms. The molecule has 2 N–H and O–H groups in total. The third kappa shape index (κ3) is 2.61. The molecule has 0 spiro atoms. The van der Waals surface area contributed by atoms with Gasteiger partial charge in [-0.1, -0.05) is 30.3 Å². The van der Waals surface area contributed by atoms with Gasteiger partial charge in [0.15, 0.2) is 0 Å².